The van der Waals surface area contributed by atoms with Crippen LogP contribution in [0.25, 0.3) is 16.7 Å². The number of aliphatic hydroxyl groups is 1. The van der Waals surface area contributed by atoms with Crippen molar-refractivity contribution in [2.24, 2.45) is 0 Å². The van der Waals surface area contributed by atoms with Crippen molar-refractivity contribution < 1.29 is 9.50 Å². The molecule has 0 radical (unpaired) electrons. The SMILES string of the molecule is Cc1ccc(Cl)cc1Nc1ncc2ccn(-c3ccc(F)c(C#CC(C)(O)c4nccs4)c3)c2n1. The Morgan fingerprint density at radius 1 is 1.17 bits per heavy atom. The van der Waals surface area contributed by atoms with Gasteiger partial charge in [-0.05, 0) is 55.8 Å². The summed E-state index contributed by atoms with van der Waals surface area (Å²) in [4.78, 5) is 13.2. The topological polar surface area (TPSA) is 75.9 Å². The van der Waals surface area contributed by atoms with Crippen molar-refractivity contribution in [3.05, 3.63) is 93.4 Å². The van der Waals surface area contributed by atoms with Gasteiger partial charge in [-0.25, -0.2) is 14.4 Å². The molecule has 1 atom stereocenters. The van der Waals surface area contributed by atoms with Crippen LogP contribution in [-0.2, 0) is 5.60 Å². The predicted molar refractivity (Wildman–Crippen MR) is 137 cm³/mol. The molecule has 3 heterocycles. The molecule has 0 amide bonds. The van der Waals surface area contributed by atoms with Crippen LogP contribution in [0.4, 0.5) is 16.0 Å². The molecular formula is C26H19ClFN5OS. The number of benzene rings is 2. The highest BCUT2D eigenvalue weighted by molar-refractivity contribution is 7.09. The maximum Gasteiger partial charge on any atom is 0.229 e. The number of nitrogens with zero attached hydrogens (tertiary/aromatic N) is 4. The second-order valence-corrected chi connectivity index (χ2v) is 9.40. The number of anilines is 2. The van der Waals surface area contributed by atoms with Gasteiger partial charge >= 0.3 is 0 Å². The van der Waals surface area contributed by atoms with E-state index in [1.807, 2.05) is 42.0 Å². The Morgan fingerprint density at radius 3 is 2.83 bits per heavy atom. The number of hydrogen-bond donors (Lipinski definition) is 2. The molecule has 3 aromatic heterocycles. The summed E-state index contributed by atoms with van der Waals surface area (Å²) < 4.78 is 16.4. The molecule has 174 valence electrons. The quantitative estimate of drug-likeness (QED) is 0.295. The first kappa shape index (κ1) is 23.0. The van der Waals surface area contributed by atoms with Crippen LogP contribution < -0.4 is 5.32 Å². The van der Waals surface area contributed by atoms with Crippen LogP contribution in [0, 0.1) is 24.6 Å². The van der Waals surface area contributed by atoms with Gasteiger partial charge in [-0.3, -0.25) is 0 Å². The molecule has 2 N–H and O–H groups in total. The van der Waals surface area contributed by atoms with Gasteiger partial charge in [0.25, 0.3) is 0 Å². The fraction of sp³-hybridized carbons (Fsp3) is 0.115. The zero-order valence-electron chi connectivity index (χ0n) is 18.8. The van der Waals surface area contributed by atoms with Crippen molar-refractivity contribution in [3.8, 4) is 17.5 Å². The third-order valence-electron chi connectivity index (χ3n) is 5.39. The molecule has 0 saturated heterocycles. The van der Waals surface area contributed by atoms with E-state index in [0.29, 0.717) is 27.3 Å². The van der Waals surface area contributed by atoms with Gasteiger partial charge in [0.2, 0.25) is 5.95 Å². The van der Waals surface area contributed by atoms with Gasteiger partial charge in [0.1, 0.15) is 16.5 Å². The molecule has 9 heteroatoms. The Hall–Kier alpha value is -3.77. The van der Waals surface area contributed by atoms with Crippen molar-refractivity contribution in [2.45, 2.75) is 19.4 Å². The lowest BCUT2D eigenvalue weighted by molar-refractivity contribution is 0.122. The monoisotopic (exact) mass is 503 g/mol. The van der Waals surface area contributed by atoms with E-state index in [0.717, 1.165) is 16.6 Å². The lowest BCUT2D eigenvalue weighted by atomic mass is 10.1. The number of nitrogens with one attached hydrogen (secondary N) is 1. The fourth-order valence-corrected chi connectivity index (χ4v) is 4.33. The molecule has 0 fully saturated rings. The molecule has 35 heavy (non-hydrogen) atoms. The van der Waals surface area contributed by atoms with E-state index in [-0.39, 0.29) is 5.56 Å². The van der Waals surface area contributed by atoms with Gasteiger partial charge in [0, 0.05) is 45.8 Å². The van der Waals surface area contributed by atoms with Gasteiger partial charge in [0.15, 0.2) is 5.60 Å². The molecular weight excluding hydrogens is 485 g/mol. The van der Waals surface area contributed by atoms with E-state index in [1.54, 1.807) is 29.9 Å². The molecule has 5 rings (SSSR count). The molecule has 2 aromatic carbocycles. The zero-order valence-corrected chi connectivity index (χ0v) is 20.3. The first-order chi connectivity index (χ1) is 16.8. The second-order valence-electron chi connectivity index (χ2n) is 8.07. The minimum atomic E-state index is -1.48. The van der Waals surface area contributed by atoms with E-state index in [4.69, 9.17) is 11.6 Å². The highest BCUT2D eigenvalue weighted by Crippen LogP contribution is 2.26. The van der Waals surface area contributed by atoms with Gasteiger partial charge in [-0.15, -0.1) is 11.3 Å². The summed E-state index contributed by atoms with van der Waals surface area (Å²) >= 11 is 7.42. The van der Waals surface area contributed by atoms with Crippen LogP contribution in [0.5, 0.6) is 0 Å². The average Bonchev–Trinajstić information content (AvgIpc) is 3.52. The summed E-state index contributed by atoms with van der Waals surface area (Å²) in [5, 5.41) is 17.5. The molecule has 0 saturated carbocycles. The van der Waals surface area contributed by atoms with Crippen molar-refractivity contribution in [1.82, 2.24) is 19.5 Å². The maximum absolute atomic E-state index is 14.6. The molecule has 1 unspecified atom stereocenters. The Morgan fingerprint density at radius 2 is 2.03 bits per heavy atom. The Kier molecular flexibility index (Phi) is 5.99. The van der Waals surface area contributed by atoms with Gasteiger partial charge in [0.05, 0.1) is 5.56 Å². The number of halogens is 2. The largest absolute Gasteiger partial charge is 0.371 e. The van der Waals surface area contributed by atoms with E-state index < -0.39 is 11.4 Å². The van der Waals surface area contributed by atoms with Gasteiger partial charge in [-0.2, -0.15) is 4.98 Å². The number of aromatic nitrogens is 4. The van der Waals surface area contributed by atoms with Gasteiger partial charge in [-0.1, -0.05) is 29.5 Å². The van der Waals surface area contributed by atoms with Crippen LogP contribution in [-0.4, -0.2) is 24.6 Å². The second kappa shape index (κ2) is 9.12. The van der Waals surface area contributed by atoms with Crippen molar-refractivity contribution in [1.29, 1.82) is 0 Å². The van der Waals surface area contributed by atoms with Gasteiger partial charge < -0.3 is 15.0 Å². The highest BCUT2D eigenvalue weighted by atomic mass is 35.5. The predicted octanol–water partition coefficient (Wildman–Crippen LogP) is 5.98. The fourth-order valence-electron chi connectivity index (χ4n) is 3.50. The maximum atomic E-state index is 14.6. The molecule has 0 bridgehead atoms. The zero-order chi connectivity index (χ0) is 24.6. The number of aryl methyl sites for hydroxylation is 1. The normalized spacial score (nSPS) is 12.7. The summed E-state index contributed by atoms with van der Waals surface area (Å²) in [6.45, 7) is 3.50. The Bertz CT molecular complexity index is 1600. The lowest BCUT2D eigenvalue weighted by Gasteiger charge is -2.12. The van der Waals surface area contributed by atoms with E-state index in [2.05, 4.69) is 32.1 Å². The third-order valence-corrected chi connectivity index (χ3v) is 6.61. The summed E-state index contributed by atoms with van der Waals surface area (Å²) in [5.74, 6) is 5.42. The van der Waals surface area contributed by atoms with Crippen LogP contribution in [0.2, 0.25) is 5.02 Å². The van der Waals surface area contributed by atoms with Crippen LogP contribution >= 0.6 is 22.9 Å². The lowest BCUT2D eigenvalue weighted by Crippen LogP contribution is -2.18. The summed E-state index contributed by atoms with van der Waals surface area (Å²) in [7, 11) is 0. The first-order valence-electron chi connectivity index (χ1n) is 10.6. The summed E-state index contributed by atoms with van der Waals surface area (Å²) in [6, 6.07) is 12.0. The Labute approximate surface area is 210 Å². The number of rotatable bonds is 4. The molecule has 6 nitrogen and oxygen atoms in total. The highest BCUT2D eigenvalue weighted by Gasteiger charge is 2.23. The smallest absolute Gasteiger partial charge is 0.229 e. The molecule has 0 spiro atoms. The van der Waals surface area contributed by atoms with E-state index in [1.165, 1.54) is 24.3 Å². The van der Waals surface area contributed by atoms with Crippen LogP contribution in [0.3, 0.4) is 0 Å². The number of fused-ring (bicyclic) bond motifs is 1. The van der Waals surface area contributed by atoms with E-state index >= 15 is 0 Å². The Balaban J connectivity index is 1.51. The minimum absolute atomic E-state index is 0.156. The summed E-state index contributed by atoms with van der Waals surface area (Å²) in [5.41, 5.74) is 1.79. The third kappa shape index (κ3) is 4.75. The van der Waals surface area contributed by atoms with Crippen molar-refractivity contribution in [2.75, 3.05) is 5.32 Å². The first-order valence-corrected chi connectivity index (χ1v) is 11.9. The molecule has 0 aliphatic carbocycles. The van der Waals surface area contributed by atoms with Crippen LogP contribution in [0.1, 0.15) is 23.1 Å². The number of hydrogen-bond acceptors (Lipinski definition) is 6. The van der Waals surface area contributed by atoms with Crippen LogP contribution in [0.15, 0.2) is 66.4 Å². The standard InChI is InChI=1S/C26H19ClFN5OS/c1-16-3-4-19(27)14-22(16)31-25-30-15-18-8-11-33(23(18)32-25)20-5-6-21(28)17(13-20)7-9-26(2,34)24-29-10-12-35-24/h3-6,8,10-15,34H,1-2H3,(H,30,31,32). The van der Waals surface area contributed by atoms with E-state index in [9.17, 15) is 9.50 Å². The number of thiazole rings is 1. The summed E-state index contributed by atoms with van der Waals surface area (Å²) in [6.07, 6.45) is 5.15. The average molecular weight is 504 g/mol. The molecule has 5 aromatic rings. The molecule has 0 aliphatic rings. The van der Waals surface area contributed by atoms with Crippen molar-refractivity contribution >= 4 is 45.6 Å². The minimum Gasteiger partial charge on any atom is -0.371 e. The van der Waals surface area contributed by atoms with Crippen molar-refractivity contribution in [3.63, 3.8) is 0 Å². The molecule has 0 aliphatic heterocycles.